The Kier molecular flexibility index (Phi) is 5.18. The molecule has 2 nitrogen and oxygen atoms in total. The monoisotopic (exact) mass is 198 g/mol. The molecule has 0 radical (unpaired) electrons. The van der Waals surface area contributed by atoms with Gasteiger partial charge in [-0.3, -0.25) is 0 Å². The van der Waals surface area contributed by atoms with Crippen LogP contribution in [0.2, 0.25) is 0 Å². The van der Waals surface area contributed by atoms with E-state index in [9.17, 15) is 10.2 Å². The molecule has 0 unspecified atom stereocenters. The van der Waals surface area contributed by atoms with Crippen LogP contribution in [0.3, 0.4) is 0 Å². The maximum atomic E-state index is 9.76. The molecule has 0 saturated carbocycles. The smallest absolute Gasteiger partial charge is 0.122 e. The van der Waals surface area contributed by atoms with Crippen LogP contribution < -0.4 is 0 Å². The highest BCUT2D eigenvalue weighted by atomic mass is 16.3. The molecule has 14 heavy (non-hydrogen) atoms. The van der Waals surface area contributed by atoms with Gasteiger partial charge in [0.15, 0.2) is 0 Å². The van der Waals surface area contributed by atoms with Crippen LogP contribution in [-0.2, 0) is 0 Å². The summed E-state index contributed by atoms with van der Waals surface area (Å²) in [5, 5.41) is 19.5. The van der Waals surface area contributed by atoms with Crippen molar-refractivity contribution in [2.24, 2.45) is 0 Å². The van der Waals surface area contributed by atoms with E-state index >= 15 is 0 Å². The molecule has 0 aliphatic rings. The van der Waals surface area contributed by atoms with Crippen molar-refractivity contribution in [3.05, 3.63) is 0 Å². The first-order valence-corrected chi connectivity index (χ1v) is 5.32. The van der Waals surface area contributed by atoms with Gasteiger partial charge in [-0.15, -0.1) is 0 Å². The first kappa shape index (κ1) is 13.5. The Bertz CT molecular complexity index is 196. The predicted molar refractivity (Wildman–Crippen MR) is 58.8 cm³/mol. The summed E-state index contributed by atoms with van der Waals surface area (Å²) in [5.41, 5.74) is -1.93. The van der Waals surface area contributed by atoms with Crippen molar-refractivity contribution < 1.29 is 10.2 Å². The van der Waals surface area contributed by atoms with Crippen molar-refractivity contribution in [3.8, 4) is 11.8 Å². The zero-order valence-corrected chi connectivity index (χ0v) is 9.72. The predicted octanol–water partition coefficient (Wildman–Crippen LogP) is 2.09. The zero-order chi connectivity index (χ0) is 11.2. The van der Waals surface area contributed by atoms with Gasteiger partial charge in [-0.25, -0.2) is 0 Å². The lowest BCUT2D eigenvalue weighted by molar-refractivity contribution is 0.0993. The van der Waals surface area contributed by atoms with E-state index in [1.165, 1.54) is 0 Å². The van der Waals surface area contributed by atoms with Crippen LogP contribution in [-0.4, -0.2) is 21.4 Å². The molecule has 0 aliphatic carbocycles. The highest BCUT2D eigenvalue weighted by Crippen LogP contribution is 2.14. The molecule has 82 valence electrons. The lowest BCUT2D eigenvalue weighted by Gasteiger charge is -2.18. The van der Waals surface area contributed by atoms with Crippen LogP contribution in [0.1, 0.15) is 53.4 Å². The molecule has 0 saturated heterocycles. The third-order valence-electron chi connectivity index (χ3n) is 2.07. The van der Waals surface area contributed by atoms with Gasteiger partial charge in [0.25, 0.3) is 0 Å². The Balaban J connectivity index is 4.39. The SMILES string of the molecule is CCC[C@@](C)(O)C#C[C@@](C)(O)CCC. The first-order valence-electron chi connectivity index (χ1n) is 5.32. The Hall–Kier alpha value is -0.520. The molecule has 0 aromatic carbocycles. The number of rotatable bonds is 4. The zero-order valence-electron chi connectivity index (χ0n) is 9.72. The van der Waals surface area contributed by atoms with E-state index in [-0.39, 0.29) is 0 Å². The Morgan fingerprint density at radius 2 is 1.14 bits per heavy atom. The van der Waals surface area contributed by atoms with E-state index < -0.39 is 11.2 Å². The fourth-order valence-corrected chi connectivity index (χ4v) is 1.37. The molecule has 0 aromatic heterocycles. The largest absolute Gasteiger partial charge is 0.378 e. The summed E-state index contributed by atoms with van der Waals surface area (Å²) in [6, 6.07) is 0. The second kappa shape index (κ2) is 5.38. The number of hydrogen-bond acceptors (Lipinski definition) is 2. The van der Waals surface area contributed by atoms with Gasteiger partial charge in [0.1, 0.15) is 11.2 Å². The van der Waals surface area contributed by atoms with E-state index in [0.717, 1.165) is 12.8 Å². The van der Waals surface area contributed by atoms with Crippen molar-refractivity contribution >= 4 is 0 Å². The minimum absolute atomic E-state index is 0.641. The van der Waals surface area contributed by atoms with Crippen LogP contribution in [0.15, 0.2) is 0 Å². The average Bonchev–Trinajstić information content (AvgIpc) is 2.01. The van der Waals surface area contributed by atoms with Gasteiger partial charge in [0.05, 0.1) is 0 Å². The minimum atomic E-state index is -0.966. The molecule has 2 heteroatoms. The normalized spacial score (nSPS) is 19.0. The molecule has 2 N–H and O–H groups in total. The van der Waals surface area contributed by atoms with Gasteiger partial charge in [-0.1, -0.05) is 38.5 Å². The molecule has 0 fully saturated rings. The highest BCUT2D eigenvalue weighted by Gasteiger charge is 2.19. The third kappa shape index (κ3) is 6.01. The second-order valence-corrected chi connectivity index (χ2v) is 4.30. The van der Waals surface area contributed by atoms with Crippen LogP contribution in [0.4, 0.5) is 0 Å². The van der Waals surface area contributed by atoms with Crippen molar-refractivity contribution in [3.63, 3.8) is 0 Å². The van der Waals surface area contributed by atoms with Crippen LogP contribution in [0.5, 0.6) is 0 Å². The lowest BCUT2D eigenvalue weighted by Crippen LogP contribution is -2.25. The van der Waals surface area contributed by atoms with Gasteiger partial charge in [-0.05, 0) is 26.7 Å². The summed E-state index contributed by atoms with van der Waals surface area (Å²) in [6.07, 6.45) is 3.06. The van der Waals surface area contributed by atoms with Gasteiger partial charge in [0.2, 0.25) is 0 Å². The molecule has 0 amide bonds. The molecule has 0 aromatic rings. The van der Waals surface area contributed by atoms with Crippen LogP contribution in [0, 0.1) is 11.8 Å². The summed E-state index contributed by atoms with van der Waals surface area (Å²) < 4.78 is 0. The van der Waals surface area contributed by atoms with E-state index in [0.29, 0.717) is 12.8 Å². The quantitative estimate of drug-likeness (QED) is 0.679. The van der Waals surface area contributed by atoms with E-state index in [1.807, 2.05) is 13.8 Å². The summed E-state index contributed by atoms with van der Waals surface area (Å²) in [4.78, 5) is 0. The molecule has 0 spiro atoms. The molecule has 0 bridgehead atoms. The van der Waals surface area contributed by atoms with Gasteiger partial charge in [-0.2, -0.15) is 0 Å². The van der Waals surface area contributed by atoms with E-state index in [4.69, 9.17) is 0 Å². The Morgan fingerprint density at radius 1 is 0.857 bits per heavy atom. The first-order chi connectivity index (χ1) is 6.33. The minimum Gasteiger partial charge on any atom is -0.378 e. The van der Waals surface area contributed by atoms with Gasteiger partial charge in [0, 0.05) is 0 Å². The second-order valence-electron chi connectivity index (χ2n) is 4.30. The summed E-state index contributed by atoms with van der Waals surface area (Å²) in [7, 11) is 0. The maximum absolute atomic E-state index is 9.76. The fourth-order valence-electron chi connectivity index (χ4n) is 1.37. The highest BCUT2D eigenvalue weighted by molar-refractivity contribution is 5.18. The summed E-state index contributed by atoms with van der Waals surface area (Å²) in [5.74, 6) is 5.48. The Morgan fingerprint density at radius 3 is 1.36 bits per heavy atom. The maximum Gasteiger partial charge on any atom is 0.122 e. The molecule has 0 heterocycles. The fraction of sp³-hybridized carbons (Fsp3) is 0.833. The Labute approximate surface area is 87.3 Å². The number of aliphatic hydroxyl groups is 2. The topological polar surface area (TPSA) is 40.5 Å². The third-order valence-corrected chi connectivity index (χ3v) is 2.07. The van der Waals surface area contributed by atoms with Crippen LogP contribution >= 0.6 is 0 Å². The molecular formula is C12H22O2. The molecular weight excluding hydrogens is 176 g/mol. The number of hydrogen-bond donors (Lipinski definition) is 2. The van der Waals surface area contributed by atoms with Crippen molar-refractivity contribution in [1.82, 2.24) is 0 Å². The molecule has 2 atom stereocenters. The standard InChI is InChI=1S/C12H22O2/c1-5-7-11(3,13)9-10-12(4,14)8-6-2/h13-14H,5-8H2,1-4H3/t11-,12+. The van der Waals surface area contributed by atoms with E-state index in [1.54, 1.807) is 13.8 Å². The lowest BCUT2D eigenvalue weighted by atomic mass is 9.97. The van der Waals surface area contributed by atoms with Gasteiger partial charge < -0.3 is 10.2 Å². The van der Waals surface area contributed by atoms with E-state index in [2.05, 4.69) is 11.8 Å². The molecule has 0 aliphatic heterocycles. The van der Waals surface area contributed by atoms with Crippen molar-refractivity contribution in [2.45, 2.75) is 64.6 Å². The summed E-state index contributed by atoms with van der Waals surface area (Å²) >= 11 is 0. The van der Waals surface area contributed by atoms with Crippen molar-refractivity contribution in [2.75, 3.05) is 0 Å². The van der Waals surface area contributed by atoms with Gasteiger partial charge >= 0.3 is 0 Å². The van der Waals surface area contributed by atoms with Crippen LogP contribution in [0.25, 0.3) is 0 Å². The average molecular weight is 198 g/mol. The molecule has 0 rings (SSSR count). The summed E-state index contributed by atoms with van der Waals surface area (Å²) in [6.45, 7) is 7.37. The van der Waals surface area contributed by atoms with Crippen molar-refractivity contribution in [1.29, 1.82) is 0 Å².